The summed E-state index contributed by atoms with van der Waals surface area (Å²) < 4.78 is 16.9. The third-order valence-electron chi connectivity index (χ3n) is 7.15. The predicted octanol–water partition coefficient (Wildman–Crippen LogP) is 6.08. The van der Waals surface area contributed by atoms with Crippen LogP contribution in [-0.2, 0) is 5.75 Å². The number of benzene rings is 3. The minimum Gasteiger partial charge on any atom is -0.493 e. The molecule has 0 spiro atoms. The summed E-state index contributed by atoms with van der Waals surface area (Å²) >= 11 is 1.72. The molecule has 3 aromatic rings. The zero-order valence-corrected chi connectivity index (χ0v) is 21.9. The van der Waals surface area contributed by atoms with Gasteiger partial charge in [0.1, 0.15) is 11.9 Å². The summed E-state index contributed by atoms with van der Waals surface area (Å²) in [6.07, 6.45) is 3.72. The van der Waals surface area contributed by atoms with E-state index in [2.05, 4.69) is 11.0 Å². The molecule has 0 radical (unpaired) electrons. The van der Waals surface area contributed by atoms with Crippen LogP contribution in [0.1, 0.15) is 47.2 Å². The lowest BCUT2D eigenvalue weighted by Crippen LogP contribution is -2.49. The summed E-state index contributed by atoms with van der Waals surface area (Å²) in [5.41, 5.74) is 2.49. The fourth-order valence-electron chi connectivity index (χ4n) is 5.35. The number of carbonyl (C=O) groups is 1. The van der Waals surface area contributed by atoms with Crippen molar-refractivity contribution in [3.63, 3.8) is 0 Å². The van der Waals surface area contributed by atoms with E-state index in [0.29, 0.717) is 17.1 Å². The Morgan fingerprint density at radius 1 is 0.973 bits per heavy atom. The van der Waals surface area contributed by atoms with E-state index in [9.17, 15) is 4.79 Å². The first kappa shape index (κ1) is 25.0. The molecular weight excluding hydrogens is 484 g/mol. The van der Waals surface area contributed by atoms with Crippen LogP contribution >= 0.6 is 11.8 Å². The maximum atomic E-state index is 13.4. The first-order chi connectivity index (χ1) is 18.1. The minimum atomic E-state index is 0.0615. The highest BCUT2D eigenvalue weighted by Gasteiger charge is 2.44. The number of piperidine rings is 1. The molecule has 2 unspecified atom stereocenters. The van der Waals surface area contributed by atoms with E-state index in [-0.39, 0.29) is 24.1 Å². The number of nitriles is 1. The Hall–Kier alpha value is -3.63. The molecule has 0 N–H and O–H groups in total. The van der Waals surface area contributed by atoms with Crippen molar-refractivity contribution < 1.29 is 19.0 Å². The lowest BCUT2D eigenvalue weighted by atomic mass is 9.98. The molecule has 0 aromatic heterocycles. The number of carbonyl (C=O) groups excluding carboxylic acids is 1. The molecule has 0 aliphatic carbocycles. The van der Waals surface area contributed by atoms with Crippen molar-refractivity contribution in [3.05, 3.63) is 83.4 Å². The van der Waals surface area contributed by atoms with Crippen molar-refractivity contribution in [2.24, 2.45) is 0 Å². The Bertz CT molecular complexity index is 1290. The topological polar surface area (TPSA) is 71.8 Å². The fraction of sp³-hybridized carbons (Fsp3) is 0.333. The third-order valence-corrected chi connectivity index (χ3v) is 8.22. The number of thioether (sulfide) groups is 1. The minimum absolute atomic E-state index is 0.0615. The van der Waals surface area contributed by atoms with E-state index < -0.39 is 0 Å². The van der Waals surface area contributed by atoms with Crippen molar-refractivity contribution in [3.8, 4) is 23.3 Å². The molecule has 6 nitrogen and oxygen atoms in total. The first-order valence-electron chi connectivity index (χ1n) is 12.5. The van der Waals surface area contributed by atoms with Gasteiger partial charge in [-0.2, -0.15) is 5.26 Å². The molecule has 0 saturated carbocycles. The van der Waals surface area contributed by atoms with Crippen LogP contribution in [0.4, 0.5) is 0 Å². The maximum absolute atomic E-state index is 13.4. The Morgan fingerprint density at radius 2 is 1.70 bits per heavy atom. The fourth-order valence-corrected chi connectivity index (χ4v) is 6.23. The number of amides is 1. The molecular formula is C30H30N2O4S. The molecule has 190 valence electrons. The van der Waals surface area contributed by atoms with Crippen molar-refractivity contribution >= 4 is 17.7 Å². The van der Waals surface area contributed by atoms with Crippen LogP contribution in [0.5, 0.6) is 17.2 Å². The third kappa shape index (κ3) is 5.55. The maximum Gasteiger partial charge on any atom is 0.254 e. The number of hydrogen-bond donors (Lipinski definition) is 0. The Morgan fingerprint density at radius 3 is 2.38 bits per heavy atom. The summed E-state index contributed by atoms with van der Waals surface area (Å²) in [5.74, 6) is 3.06. The standard InChI is InChI=1S/C30H30N2O4S/c1-34-28-13-12-27(17-29(28)35-2)37-19-20-6-8-22(9-7-20)30(33)32-23-10-11-24(32)16-26(15-23)36-25-5-3-4-21(14-25)18-31/h3-9,12-14,17,23-24,26H,10-11,15-16,19H2,1-2H3. The predicted molar refractivity (Wildman–Crippen MR) is 143 cm³/mol. The number of methoxy groups -OCH3 is 2. The van der Waals surface area contributed by atoms with Crippen molar-refractivity contribution in [2.45, 2.75) is 54.5 Å². The quantitative estimate of drug-likeness (QED) is 0.339. The highest BCUT2D eigenvalue weighted by atomic mass is 32.2. The van der Waals surface area contributed by atoms with E-state index in [1.807, 2.05) is 54.6 Å². The van der Waals surface area contributed by atoms with Gasteiger partial charge in [-0.25, -0.2) is 0 Å². The Kier molecular flexibility index (Phi) is 7.57. The second-order valence-corrected chi connectivity index (χ2v) is 10.5. The van der Waals surface area contributed by atoms with Crippen LogP contribution < -0.4 is 14.2 Å². The summed E-state index contributed by atoms with van der Waals surface area (Å²) in [4.78, 5) is 16.6. The van der Waals surface area contributed by atoms with Crippen molar-refractivity contribution in [2.75, 3.05) is 14.2 Å². The molecule has 2 fully saturated rings. The largest absolute Gasteiger partial charge is 0.493 e. The van der Waals surface area contributed by atoms with Crippen LogP contribution in [0.15, 0.2) is 71.6 Å². The van der Waals surface area contributed by atoms with E-state index in [1.165, 1.54) is 0 Å². The lowest BCUT2D eigenvalue weighted by molar-refractivity contribution is 0.0359. The van der Waals surface area contributed by atoms with Crippen molar-refractivity contribution in [1.29, 1.82) is 5.26 Å². The molecule has 2 aliphatic rings. The van der Waals surface area contributed by atoms with Crippen LogP contribution in [0, 0.1) is 11.3 Å². The zero-order chi connectivity index (χ0) is 25.8. The summed E-state index contributed by atoms with van der Waals surface area (Å²) in [5, 5.41) is 9.14. The molecule has 2 heterocycles. The number of hydrogen-bond acceptors (Lipinski definition) is 6. The highest BCUT2D eigenvalue weighted by molar-refractivity contribution is 7.98. The average Bonchev–Trinajstić information content (AvgIpc) is 3.21. The van der Waals surface area contributed by atoms with Gasteiger partial charge in [-0.05, 0) is 66.9 Å². The summed E-state index contributed by atoms with van der Waals surface area (Å²) in [6, 6.07) is 23.7. The van der Waals surface area contributed by atoms with Gasteiger partial charge < -0.3 is 19.1 Å². The molecule has 3 aromatic carbocycles. The first-order valence-corrected chi connectivity index (χ1v) is 13.5. The van der Waals surface area contributed by atoms with Crippen LogP contribution in [0.25, 0.3) is 0 Å². The van der Waals surface area contributed by atoms with E-state index in [4.69, 9.17) is 19.5 Å². The van der Waals surface area contributed by atoms with Crippen LogP contribution in [0.3, 0.4) is 0 Å². The molecule has 2 saturated heterocycles. The van der Waals surface area contributed by atoms with Gasteiger partial charge in [0.15, 0.2) is 11.5 Å². The molecule has 5 rings (SSSR count). The number of rotatable bonds is 8. The monoisotopic (exact) mass is 514 g/mol. The van der Waals surface area contributed by atoms with Gasteiger partial charge in [0.2, 0.25) is 0 Å². The Labute approximate surface area is 222 Å². The molecule has 1 amide bonds. The van der Waals surface area contributed by atoms with Gasteiger partial charge in [0.05, 0.1) is 25.9 Å². The molecule has 2 atom stereocenters. The Balaban J connectivity index is 1.19. The summed E-state index contributed by atoms with van der Waals surface area (Å²) in [6.45, 7) is 0. The second kappa shape index (κ2) is 11.2. The second-order valence-electron chi connectivity index (χ2n) is 9.45. The number of ether oxygens (including phenoxy) is 3. The van der Waals surface area contributed by atoms with Gasteiger partial charge in [0, 0.05) is 41.1 Å². The van der Waals surface area contributed by atoms with E-state index in [0.717, 1.165) is 53.2 Å². The van der Waals surface area contributed by atoms with Crippen LogP contribution in [0.2, 0.25) is 0 Å². The molecule has 2 bridgehead atoms. The smallest absolute Gasteiger partial charge is 0.254 e. The SMILES string of the molecule is COc1ccc(SCc2ccc(C(=O)N3C4CCC3CC(Oc3cccc(C#N)c3)C4)cc2)cc1OC. The van der Waals surface area contributed by atoms with Crippen LogP contribution in [-0.4, -0.2) is 43.2 Å². The van der Waals surface area contributed by atoms with Gasteiger partial charge in [0.25, 0.3) is 5.91 Å². The van der Waals surface area contributed by atoms with Gasteiger partial charge in [-0.15, -0.1) is 11.8 Å². The van der Waals surface area contributed by atoms with Crippen molar-refractivity contribution in [1.82, 2.24) is 4.90 Å². The molecule has 7 heteroatoms. The molecule has 37 heavy (non-hydrogen) atoms. The van der Waals surface area contributed by atoms with E-state index >= 15 is 0 Å². The number of nitrogens with zero attached hydrogens (tertiary/aromatic N) is 2. The average molecular weight is 515 g/mol. The normalized spacial score (nSPS) is 20.2. The zero-order valence-electron chi connectivity index (χ0n) is 21.1. The van der Waals surface area contributed by atoms with Gasteiger partial charge >= 0.3 is 0 Å². The number of fused-ring (bicyclic) bond motifs is 2. The summed E-state index contributed by atoms with van der Waals surface area (Å²) in [7, 11) is 3.27. The van der Waals surface area contributed by atoms with Gasteiger partial charge in [-0.1, -0.05) is 18.2 Å². The van der Waals surface area contributed by atoms with Gasteiger partial charge in [-0.3, -0.25) is 4.79 Å². The molecule has 2 aliphatic heterocycles. The highest BCUT2D eigenvalue weighted by Crippen LogP contribution is 2.38. The lowest BCUT2D eigenvalue weighted by Gasteiger charge is -2.39. The van der Waals surface area contributed by atoms with E-state index in [1.54, 1.807) is 38.1 Å².